The molecule has 0 aliphatic carbocycles. The second-order valence-electron chi connectivity index (χ2n) is 6.32. The van der Waals surface area contributed by atoms with Gasteiger partial charge < -0.3 is 20.5 Å². The van der Waals surface area contributed by atoms with E-state index in [4.69, 9.17) is 10.5 Å². The summed E-state index contributed by atoms with van der Waals surface area (Å²) in [6.45, 7) is 1.98. The topological polar surface area (TPSA) is 114 Å². The van der Waals surface area contributed by atoms with E-state index in [9.17, 15) is 10.0 Å². The molecule has 0 fully saturated rings. The van der Waals surface area contributed by atoms with Gasteiger partial charge in [-0.2, -0.15) is 10.2 Å². The normalized spacial score (nSPS) is 11.0. The number of aromatic nitrogens is 3. The Labute approximate surface area is 165 Å². The zero-order valence-electron chi connectivity index (χ0n) is 15.2. The maximum atomic E-state index is 9.80. The summed E-state index contributed by atoms with van der Waals surface area (Å²) in [5.41, 5.74) is 9.90. The first kappa shape index (κ1) is 18.4. The molecule has 2 aromatic heterocycles. The van der Waals surface area contributed by atoms with Crippen molar-refractivity contribution < 1.29 is 14.8 Å². The van der Waals surface area contributed by atoms with Crippen LogP contribution in [-0.2, 0) is 0 Å². The van der Waals surface area contributed by atoms with E-state index in [1.807, 2.05) is 25.1 Å². The molecule has 7 nitrogen and oxygen atoms in total. The number of nitrogens with zero attached hydrogens (tertiary/aromatic N) is 3. The maximum absolute atomic E-state index is 9.80. The van der Waals surface area contributed by atoms with E-state index < -0.39 is 7.12 Å². The van der Waals surface area contributed by atoms with E-state index in [2.05, 4.69) is 15.2 Å². The molecule has 0 bridgehead atoms. The molecule has 0 saturated heterocycles. The standard InChI is InChI=1S/C19H17BN4O3S/c1-10-8-22-19(28-10)14-7-18(27-2)15(20(25)26)6-13(14)11-3-4-12-16(21)9-23-24-17(12)5-11/h3-9,25-26H,1-2H3,(H2,21,24). The number of nitrogens with two attached hydrogens (primary N) is 1. The van der Waals surface area contributed by atoms with Crippen molar-refractivity contribution in [1.82, 2.24) is 15.2 Å². The van der Waals surface area contributed by atoms with Gasteiger partial charge >= 0.3 is 7.12 Å². The minimum absolute atomic E-state index is 0.272. The molecule has 0 aliphatic heterocycles. The highest BCUT2D eigenvalue weighted by Gasteiger charge is 2.22. The molecule has 2 aromatic carbocycles. The molecule has 140 valence electrons. The number of ether oxygens (including phenoxy) is 1. The fourth-order valence-corrected chi connectivity index (χ4v) is 3.91. The van der Waals surface area contributed by atoms with Gasteiger partial charge in [-0.1, -0.05) is 12.1 Å². The number of thiazole rings is 1. The van der Waals surface area contributed by atoms with E-state index in [1.165, 1.54) is 13.3 Å². The van der Waals surface area contributed by atoms with E-state index in [0.717, 1.165) is 32.0 Å². The number of aryl methyl sites for hydroxylation is 1. The smallest absolute Gasteiger partial charge is 0.492 e. The highest BCUT2D eigenvalue weighted by atomic mass is 32.1. The number of methoxy groups -OCH3 is 1. The molecular weight excluding hydrogens is 375 g/mol. The van der Waals surface area contributed by atoms with Gasteiger partial charge in [0.15, 0.2) is 0 Å². The first-order valence-electron chi connectivity index (χ1n) is 8.50. The van der Waals surface area contributed by atoms with Crippen molar-refractivity contribution in [2.45, 2.75) is 6.92 Å². The summed E-state index contributed by atoms with van der Waals surface area (Å²) >= 11 is 1.55. The maximum Gasteiger partial charge on any atom is 0.492 e. The molecular formula is C19H17BN4O3S. The third kappa shape index (κ3) is 3.20. The number of benzene rings is 2. The van der Waals surface area contributed by atoms with Crippen molar-refractivity contribution in [2.75, 3.05) is 12.8 Å². The van der Waals surface area contributed by atoms with E-state index in [-0.39, 0.29) is 5.46 Å². The second kappa shape index (κ2) is 7.19. The average molecular weight is 392 g/mol. The molecule has 4 N–H and O–H groups in total. The molecule has 4 aromatic rings. The lowest BCUT2D eigenvalue weighted by atomic mass is 9.77. The molecule has 28 heavy (non-hydrogen) atoms. The van der Waals surface area contributed by atoms with Crippen molar-refractivity contribution in [2.24, 2.45) is 0 Å². The van der Waals surface area contributed by atoms with Crippen molar-refractivity contribution in [3.63, 3.8) is 0 Å². The van der Waals surface area contributed by atoms with Crippen LogP contribution in [0.25, 0.3) is 32.6 Å². The van der Waals surface area contributed by atoms with E-state index >= 15 is 0 Å². The number of fused-ring (bicyclic) bond motifs is 1. The molecule has 0 spiro atoms. The van der Waals surface area contributed by atoms with Gasteiger partial charge in [-0.05, 0) is 36.2 Å². The van der Waals surface area contributed by atoms with Gasteiger partial charge in [0.05, 0.1) is 24.5 Å². The van der Waals surface area contributed by atoms with Crippen LogP contribution in [0.3, 0.4) is 0 Å². The number of nitrogen functional groups attached to an aromatic ring is 1. The lowest BCUT2D eigenvalue weighted by molar-refractivity contribution is 0.403. The van der Waals surface area contributed by atoms with Gasteiger partial charge in [0.25, 0.3) is 0 Å². The molecule has 0 radical (unpaired) electrons. The van der Waals surface area contributed by atoms with Crippen LogP contribution in [0.4, 0.5) is 5.69 Å². The van der Waals surface area contributed by atoms with Gasteiger partial charge in [-0.25, -0.2) is 4.98 Å². The minimum atomic E-state index is -1.67. The fourth-order valence-electron chi connectivity index (χ4n) is 3.12. The SMILES string of the molecule is COc1cc(-c2ncc(C)s2)c(-c2ccc3c(N)cnnc3c2)cc1B(O)O. The Hall–Kier alpha value is -3.01. The quantitative estimate of drug-likeness (QED) is 0.455. The molecule has 0 amide bonds. The summed E-state index contributed by atoms with van der Waals surface area (Å²) < 4.78 is 5.37. The molecule has 9 heteroatoms. The Bertz CT molecular complexity index is 1180. The highest BCUT2D eigenvalue weighted by molar-refractivity contribution is 7.15. The molecule has 4 rings (SSSR count). The predicted molar refractivity (Wildman–Crippen MR) is 112 cm³/mol. The highest BCUT2D eigenvalue weighted by Crippen LogP contribution is 2.37. The first-order chi connectivity index (χ1) is 13.5. The largest absolute Gasteiger partial charge is 0.497 e. The van der Waals surface area contributed by atoms with Crippen LogP contribution >= 0.6 is 11.3 Å². The summed E-state index contributed by atoms with van der Waals surface area (Å²) in [5, 5.41) is 29.3. The molecule has 2 heterocycles. The number of hydrogen-bond donors (Lipinski definition) is 3. The molecule has 0 atom stereocenters. The number of rotatable bonds is 4. The van der Waals surface area contributed by atoms with Crippen LogP contribution in [0, 0.1) is 6.92 Å². The van der Waals surface area contributed by atoms with Crippen LogP contribution in [0.1, 0.15) is 4.88 Å². The summed E-state index contributed by atoms with van der Waals surface area (Å²) in [6.07, 6.45) is 3.32. The summed E-state index contributed by atoms with van der Waals surface area (Å²) in [6, 6.07) is 9.15. The van der Waals surface area contributed by atoms with Crippen molar-refractivity contribution in [3.8, 4) is 27.4 Å². The van der Waals surface area contributed by atoms with Crippen LogP contribution in [-0.4, -0.2) is 39.5 Å². The molecule has 0 aliphatic rings. The summed E-state index contributed by atoms with van der Waals surface area (Å²) in [5.74, 6) is 0.381. The average Bonchev–Trinajstić information content (AvgIpc) is 3.13. The lowest BCUT2D eigenvalue weighted by Crippen LogP contribution is -2.31. The van der Waals surface area contributed by atoms with E-state index in [1.54, 1.807) is 29.7 Å². The van der Waals surface area contributed by atoms with Gasteiger partial charge in [0, 0.05) is 27.5 Å². The second-order valence-corrected chi connectivity index (χ2v) is 7.56. The molecule has 0 saturated carbocycles. The summed E-state index contributed by atoms with van der Waals surface area (Å²) in [7, 11) is -0.178. The monoisotopic (exact) mass is 392 g/mol. The van der Waals surface area contributed by atoms with E-state index in [0.29, 0.717) is 17.0 Å². The Morgan fingerprint density at radius 3 is 2.61 bits per heavy atom. The van der Waals surface area contributed by atoms with Crippen LogP contribution < -0.4 is 15.9 Å². The fraction of sp³-hybridized carbons (Fsp3) is 0.105. The lowest BCUT2D eigenvalue weighted by Gasteiger charge is -2.15. The predicted octanol–water partition coefficient (Wildman–Crippen LogP) is 2.00. The summed E-state index contributed by atoms with van der Waals surface area (Å²) in [4.78, 5) is 5.56. The molecule has 0 unspecified atom stereocenters. The minimum Gasteiger partial charge on any atom is -0.497 e. The van der Waals surface area contributed by atoms with Gasteiger partial charge in [0.1, 0.15) is 10.8 Å². The Kier molecular flexibility index (Phi) is 4.72. The first-order valence-corrected chi connectivity index (χ1v) is 9.31. The van der Waals surface area contributed by atoms with Crippen molar-refractivity contribution >= 4 is 40.5 Å². The third-order valence-electron chi connectivity index (χ3n) is 4.48. The Balaban J connectivity index is 2.00. The van der Waals surface area contributed by atoms with Gasteiger partial charge in [-0.3, -0.25) is 0 Å². The number of hydrogen-bond acceptors (Lipinski definition) is 8. The van der Waals surface area contributed by atoms with Crippen LogP contribution in [0.5, 0.6) is 5.75 Å². The van der Waals surface area contributed by atoms with Crippen LogP contribution in [0.2, 0.25) is 0 Å². The zero-order chi connectivity index (χ0) is 19.8. The Morgan fingerprint density at radius 1 is 1.11 bits per heavy atom. The Morgan fingerprint density at radius 2 is 1.93 bits per heavy atom. The van der Waals surface area contributed by atoms with Gasteiger partial charge in [0.2, 0.25) is 0 Å². The van der Waals surface area contributed by atoms with Crippen LogP contribution in [0.15, 0.2) is 42.7 Å². The van der Waals surface area contributed by atoms with Gasteiger partial charge in [-0.15, -0.1) is 11.3 Å². The van der Waals surface area contributed by atoms with Crippen molar-refractivity contribution in [3.05, 3.63) is 47.6 Å². The van der Waals surface area contributed by atoms with Crippen molar-refractivity contribution in [1.29, 1.82) is 0 Å². The zero-order valence-corrected chi connectivity index (χ0v) is 16.1. The third-order valence-corrected chi connectivity index (χ3v) is 5.43. The number of anilines is 1.